The summed E-state index contributed by atoms with van der Waals surface area (Å²) in [4.78, 5) is 12.0. The minimum Gasteiger partial charge on any atom is -0.387 e. The van der Waals surface area contributed by atoms with Crippen LogP contribution >= 0.6 is 12.2 Å². The summed E-state index contributed by atoms with van der Waals surface area (Å²) in [6.45, 7) is 4.53. The van der Waals surface area contributed by atoms with Crippen LogP contribution in [0, 0.1) is 11.8 Å². The molecule has 0 atom stereocenters. The average molecular weight is 362 g/mol. The van der Waals surface area contributed by atoms with E-state index in [1.807, 2.05) is 62.5 Å². The molecule has 0 aliphatic carbocycles. The average Bonchev–Trinajstić information content (AvgIpc) is 2.67. The maximum atomic E-state index is 11.5. The van der Waals surface area contributed by atoms with Crippen LogP contribution in [0.4, 0.5) is 0 Å². The van der Waals surface area contributed by atoms with Gasteiger partial charge in [-0.15, -0.1) is 0 Å². The van der Waals surface area contributed by atoms with Gasteiger partial charge in [0, 0.05) is 30.5 Å². The van der Waals surface area contributed by atoms with Crippen molar-refractivity contribution < 1.29 is 4.79 Å². The van der Waals surface area contributed by atoms with Crippen molar-refractivity contribution in [2.75, 3.05) is 0 Å². The van der Waals surface area contributed by atoms with Gasteiger partial charge in [-0.2, -0.15) is 0 Å². The van der Waals surface area contributed by atoms with E-state index in [4.69, 9.17) is 12.2 Å². The zero-order valence-electron chi connectivity index (χ0n) is 15.2. The van der Waals surface area contributed by atoms with Gasteiger partial charge >= 0.3 is 0 Å². The fourth-order valence-electron chi connectivity index (χ4n) is 2.31. The molecular weight excluding hydrogens is 338 g/mol. The first kappa shape index (κ1) is 19.6. The first-order valence-electron chi connectivity index (χ1n) is 8.69. The number of benzene rings is 2. The number of carbonyl (C=O) groups is 1. The summed E-state index contributed by atoms with van der Waals surface area (Å²) in [6.07, 6.45) is 2.94. The third kappa shape index (κ3) is 6.66. The maximum absolute atomic E-state index is 11.5. The van der Waals surface area contributed by atoms with E-state index in [9.17, 15) is 4.79 Å². The Morgan fingerprint density at radius 3 is 2.27 bits per heavy atom. The lowest BCUT2D eigenvalue weighted by Gasteiger charge is -2.05. The number of allylic oxidation sites excluding steroid dienone is 1. The summed E-state index contributed by atoms with van der Waals surface area (Å²) >= 11 is 5.14. The van der Waals surface area contributed by atoms with E-state index in [2.05, 4.69) is 29.3 Å². The number of nitrogens with one attached hydrogen (secondary N) is 1. The van der Waals surface area contributed by atoms with Crippen molar-refractivity contribution >= 4 is 22.9 Å². The standard InChI is InChI=1S/C23H23NOS/c1-3-22(25)23(26)15-18(2)16-24-17-21-13-11-20(12-14-21)10-9-19-7-5-4-6-8-19/h4-8,11-14,16,24H,3,15,17H2,1-2H3/b18-16-. The van der Waals surface area contributed by atoms with E-state index in [-0.39, 0.29) is 5.78 Å². The second kappa shape index (κ2) is 10.3. The number of ketones is 1. The Kier molecular flexibility index (Phi) is 7.79. The highest BCUT2D eigenvalue weighted by Gasteiger charge is 2.06. The van der Waals surface area contributed by atoms with Crippen molar-refractivity contribution in [2.45, 2.75) is 33.2 Å². The van der Waals surface area contributed by atoms with E-state index in [0.29, 0.717) is 17.7 Å². The van der Waals surface area contributed by atoms with Gasteiger partial charge in [0.1, 0.15) is 0 Å². The smallest absolute Gasteiger partial charge is 0.169 e. The second-order valence-corrected chi connectivity index (χ2v) is 6.55. The van der Waals surface area contributed by atoms with Gasteiger partial charge in [0.05, 0.1) is 4.86 Å². The molecule has 0 aromatic heterocycles. The Morgan fingerprint density at radius 1 is 1.04 bits per heavy atom. The lowest BCUT2D eigenvalue weighted by Crippen LogP contribution is -2.12. The number of hydrogen-bond acceptors (Lipinski definition) is 3. The first-order valence-corrected chi connectivity index (χ1v) is 9.10. The molecule has 0 aliphatic rings. The van der Waals surface area contributed by atoms with E-state index < -0.39 is 0 Å². The van der Waals surface area contributed by atoms with Crippen LogP contribution in [-0.2, 0) is 11.3 Å². The van der Waals surface area contributed by atoms with E-state index in [1.54, 1.807) is 0 Å². The van der Waals surface area contributed by atoms with Crippen LogP contribution in [0.1, 0.15) is 43.4 Å². The van der Waals surface area contributed by atoms with E-state index in [1.165, 1.54) is 5.56 Å². The van der Waals surface area contributed by atoms with Crippen LogP contribution in [0.15, 0.2) is 66.4 Å². The number of rotatable bonds is 7. The van der Waals surface area contributed by atoms with Crippen LogP contribution in [0.5, 0.6) is 0 Å². The largest absolute Gasteiger partial charge is 0.387 e. The SMILES string of the molecule is CCC(=O)C(=S)C/C(C)=C\NCc1ccc(C#Cc2ccccc2)cc1. The molecule has 2 rings (SSSR count). The zero-order valence-corrected chi connectivity index (χ0v) is 16.0. The molecule has 1 N–H and O–H groups in total. The molecule has 0 radical (unpaired) electrons. The highest BCUT2D eigenvalue weighted by molar-refractivity contribution is 7.82. The summed E-state index contributed by atoms with van der Waals surface area (Å²) in [5.74, 6) is 6.38. The molecule has 26 heavy (non-hydrogen) atoms. The van der Waals surface area contributed by atoms with Crippen LogP contribution in [0.3, 0.4) is 0 Å². The quantitative estimate of drug-likeness (QED) is 0.566. The summed E-state index contributed by atoms with van der Waals surface area (Å²) in [6, 6.07) is 18.1. The van der Waals surface area contributed by atoms with Gasteiger partial charge in [-0.25, -0.2) is 0 Å². The third-order valence-electron chi connectivity index (χ3n) is 3.81. The molecule has 0 amide bonds. The minimum atomic E-state index is 0.0555. The molecule has 132 valence electrons. The first-order chi connectivity index (χ1) is 12.6. The monoisotopic (exact) mass is 361 g/mol. The predicted molar refractivity (Wildman–Crippen MR) is 112 cm³/mol. The summed E-state index contributed by atoms with van der Waals surface area (Å²) in [5, 5.41) is 3.27. The molecular formula is C23H23NOS. The van der Waals surface area contributed by atoms with Crippen LogP contribution < -0.4 is 5.32 Å². The Morgan fingerprint density at radius 2 is 1.65 bits per heavy atom. The molecule has 0 unspecified atom stereocenters. The molecule has 2 aromatic rings. The number of thiocarbonyl (C=S) groups is 1. The van der Waals surface area contributed by atoms with Crippen molar-refractivity contribution in [2.24, 2.45) is 0 Å². The van der Waals surface area contributed by atoms with Crippen molar-refractivity contribution in [3.63, 3.8) is 0 Å². The van der Waals surface area contributed by atoms with Gasteiger partial charge in [-0.3, -0.25) is 4.79 Å². The van der Waals surface area contributed by atoms with Gasteiger partial charge < -0.3 is 5.32 Å². The molecule has 0 saturated heterocycles. The molecule has 0 bridgehead atoms. The van der Waals surface area contributed by atoms with Crippen molar-refractivity contribution in [1.29, 1.82) is 0 Å². The number of hydrogen-bond donors (Lipinski definition) is 1. The topological polar surface area (TPSA) is 29.1 Å². The minimum absolute atomic E-state index is 0.0555. The van der Waals surface area contributed by atoms with Crippen molar-refractivity contribution in [1.82, 2.24) is 5.32 Å². The Bertz CT molecular complexity index is 839. The van der Waals surface area contributed by atoms with E-state index >= 15 is 0 Å². The van der Waals surface area contributed by atoms with Gasteiger partial charge in [0.25, 0.3) is 0 Å². The predicted octanol–water partition coefficient (Wildman–Crippen LogP) is 4.82. The highest BCUT2D eigenvalue weighted by Crippen LogP contribution is 2.06. The van der Waals surface area contributed by atoms with Crippen molar-refractivity contribution in [3.05, 3.63) is 83.1 Å². The number of Topliss-reactive ketones (excluding diaryl/α,β-unsaturated/α-hetero) is 1. The number of carbonyl (C=O) groups excluding carboxylic acids is 1. The van der Waals surface area contributed by atoms with Gasteiger partial charge in [0.2, 0.25) is 0 Å². The van der Waals surface area contributed by atoms with E-state index in [0.717, 1.165) is 23.2 Å². The molecule has 3 heteroatoms. The zero-order chi connectivity index (χ0) is 18.8. The van der Waals surface area contributed by atoms with Crippen molar-refractivity contribution in [3.8, 4) is 11.8 Å². The van der Waals surface area contributed by atoms with Crippen LogP contribution in [0.25, 0.3) is 0 Å². The van der Waals surface area contributed by atoms with Gasteiger partial charge in [0.15, 0.2) is 5.78 Å². The molecule has 2 aromatic carbocycles. The normalized spacial score (nSPS) is 10.6. The van der Waals surface area contributed by atoms with Crippen LogP contribution in [0.2, 0.25) is 0 Å². The fourth-order valence-corrected chi connectivity index (χ4v) is 2.69. The molecule has 0 spiro atoms. The lowest BCUT2D eigenvalue weighted by atomic mass is 10.1. The summed E-state index contributed by atoms with van der Waals surface area (Å²) in [5.41, 5.74) is 4.24. The Hall–Kier alpha value is -2.70. The third-order valence-corrected chi connectivity index (χ3v) is 4.18. The molecule has 0 heterocycles. The molecule has 0 fully saturated rings. The molecule has 0 aliphatic heterocycles. The lowest BCUT2D eigenvalue weighted by molar-refractivity contribution is -0.112. The summed E-state index contributed by atoms with van der Waals surface area (Å²) in [7, 11) is 0. The second-order valence-electron chi connectivity index (χ2n) is 6.06. The summed E-state index contributed by atoms with van der Waals surface area (Å²) < 4.78 is 0. The Balaban J connectivity index is 1.86. The Labute approximate surface area is 161 Å². The molecule has 0 saturated carbocycles. The molecule has 2 nitrogen and oxygen atoms in total. The highest BCUT2D eigenvalue weighted by atomic mass is 32.1. The fraction of sp³-hybridized carbons (Fsp3) is 0.217. The van der Waals surface area contributed by atoms with Gasteiger partial charge in [-0.1, -0.05) is 66.9 Å². The maximum Gasteiger partial charge on any atom is 0.169 e. The van der Waals surface area contributed by atoms with Gasteiger partial charge in [-0.05, 0) is 43.0 Å². The van der Waals surface area contributed by atoms with Crippen LogP contribution in [-0.4, -0.2) is 10.6 Å².